The minimum absolute atomic E-state index is 0.166. The Morgan fingerprint density at radius 2 is 1.78 bits per heavy atom. The monoisotopic (exact) mass is 386 g/mol. The number of ether oxygens (including phenoxy) is 2. The second-order valence-electron chi connectivity index (χ2n) is 7.55. The number of piperidine rings is 1. The molecule has 150 valence electrons. The van der Waals surface area contributed by atoms with Crippen molar-refractivity contribution in [3.8, 4) is 5.75 Å². The van der Waals surface area contributed by atoms with Crippen molar-refractivity contribution in [3.05, 3.63) is 29.8 Å². The van der Waals surface area contributed by atoms with Crippen LogP contribution in [0.5, 0.6) is 5.75 Å². The van der Waals surface area contributed by atoms with Crippen molar-refractivity contribution < 1.29 is 27.4 Å². The second kappa shape index (κ2) is 7.58. The zero-order valence-corrected chi connectivity index (χ0v) is 15.6. The lowest BCUT2D eigenvalue weighted by Gasteiger charge is -2.54. The Labute approximate surface area is 157 Å². The molecule has 1 aromatic rings. The lowest BCUT2D eigenvalue weighted by molar-refractivity contribution is -0.200. The summed E-state index contributed by atoms with van der Waals surface area (Å²) in [6.07, 6.45) is -5.89. The smallest absolute Gasteiger partial charge is 0.425 e. The van der Waals surface area contributed by atoms with Crippen LogP contribution in [0.25, 0.3) is 0 Å². The van der Waals surface area contributed by atoms with Gasteiger partial charge in [-0.15, -0.1) is 0 Å². The minimum atomic E-state index is -4.53. The molecule has 1 amide bonds. The molecule has 1 atom stereocenters. The Balaban J connectivity index is 1.43. The molecule has 2 fully saturated rings. The maximum atomic E-state index is 12.5. The van der Waals surface area contributed by atoms with Gasteiger partial charge in [-0.25, -0.2) is 4.79 Å². The summed E-state index contributed by atoms with van der Waals surface area (Å²) < 4.78 is 47.3. The fraction of sp³-hybridized carbons (Fsp3) is 0.632. The van der Waals surface area contributed by atoms with Gasteiger partial charge in [0.25, 0.3) is 0 Å². The summed E-state index contributed by atoms with van der Waals surface area (Å²) in [6.45, 7) is 4.49. The molecule has 5 nitrogen and oxygen atoms in total. The molecule has 1 unspecified atom stereocenters. The molecule has 2 heterocycles. The molecule has 2 saturated heterocycles. The number of rotatable bonds is 4. The fourth-order valence-corrected chi connectivity index (χ4v) is 3.78. The van der Waals surface area contributed by atoms with E-state index >= 15 is 0 Å². The Kier molecular flexibility index (Phi) is 5.55. The molecule has 1 spiro atoms. The van der Waals surface area contributed by atoms with Crippen LogP contribution in [0.1, 0.15) is 25.3 Å². The minimum Gasteiger partial charge on any atom is -0.497 e. The molecule has 1 aromatic carbocycles. The molecule has 3 rings (SSSR count). The summed E-state index contributed by atoms with van der Waals surface area (Å²) in [5, 5.41) is 0. The topological polar surface area (TPSA) is 42.0 Å². The number of amides is 1. The van der Waals surface area contributed by atoms with E-state index in [9.17, 15) is 18.0 Å². The summed E-state index contributed by atoms with van der Waals surface area (Å²) in [5.41, 5.74) is 1.38. The van der Waals surface area contributed by atoms with Crippen LogP contribution in [0.15, 0.2) is 24.3 Å². The summed E-state index contributed by atoms with van der Waals surface area (Å²) in [7, 11) is 1.64. The van der Waals surface area contributed by atoms with Gasteiger partial charge in [0.15, 0.2) is 6.10 Å². The van der Waals surface area contributed by atoms with Crippen LogP contribution in [-0.2, 0) is 11.3 Å². The standard InChI is InChI=1S/C19H25F3N2O3/c1-14(19(20,21)22)27-17(25)24-9-7-18(8-10-24)12-23(13-18)11-15-3-5-16(26-2)6-4-15/h3-6,14H,7-13H2,1-2H3. The summed E-state index contributed by atoms with van der Waals surface area (Å²) >= 11 is 0. The largest absolute Gasteiger partial charge is 0.497 e. The molecule has 2 aliphatic heterocycles. The third-order valence-corrected chi connectivity index (χ3v) is 5.50. The quantitative estimate of drug-likeness (QED) is 0.792. The van der Waals surface area contributed by atoms with Gasteiger partial charge in [0, 0.05) is 32.7 Å². The fourth-order valence-electron chi connectivity index (χ4n) is 3.78. The van der Waals surface area contributed by atoms with E-state index in [0.717, 1.165) is 45.1 Å². The maximum absolute atomic E-state index is 12.5. The van der Waals surface area contributed by atoms with E-state index in [2.05, 4.69) is 9.64 Å². The molecular weight excluding hydrogens is 361 g/mol. The lowest BCUT2D eigenvalue weighted by Crippen LogP contribution is -2.60. The predicted molar refractivity (Wildman–Crippen MR) is 93.5 cm³/mol. The third kappa shape index (κ3) is 4.66. The van der Waals surface area contributed by atoms with Crippen LogP contribution < -0.4 is 4.74 Å². The molecule has 0 saturated carbocycles. The number of carbonyl (C=O) groups is 1. The number of methoxy groups -OCH3 is 1. The van der Waals surface area contributed by atoms with Gasteiger partial charge in [-0.2, -0.15) is 13.2 Å². The van der Waals surface area contributed by atoms with Crippen LogP contribution in [0.2, 0.25) is 0 Å². The predicted octanol–water partition coefficient (Wildman–Crippen LogP) is 3.68. The van der Waals surface area contributed by atoms with Gasteiger partial charge in [0.1, 0.15) is 5.75 Å². The van der Waals surface area contributed by atoms with Gasteiger partial charge in [-0.1, -0.05) is 12.1 Å². The van der Waals surface area contributed by atoms with Crippen molar-refractivity contribution >= 4 is 6.09 Å². The Morgan fingerprint density at radius 1 is 1.19 bits per heavy atom. The van der Waals surface area contributed by atoms with Gasteiger partial charge in [0.05, 0.1) is 7.11 Å². The highest BCUT2D eigenvalue weighted by atomic mass is 19.4. The van der Waals surface area contributed by atoms with Gasteiger partial charge < -0.3 is 14.4 Å². The third-order valence-electron chi connectivity index (χ3n) is 5.50. The first kappa shape index (κ1) is 19.8. The second-order valence-corrected chi connectivity index (χ2v) is 7.55. The highest BCUT2D eigenvalue weighted by Gasteiger charge is 2.46. The molecule has 0 aromatic heterocycles. The van der Waals surface area contributed by atoms with Gasteiger partial charge in [0.2, 0.25) is 0 Å². The molecular formula is C19H25F3N2O3. The number of carbonyl (C=O) groups excluding carboxylic acids is 1. The van der Waals surface area contributed by atoms with Crippen molar-refractivity contribution in [2.45, 2.75) is 38.6 Å². The molecule has 0 aliphatic carbocycles. The van der Waals surface area contributed by atoms with Gasteiger partial charge >= 0.3 is 12.3 Å². The number of halogens is 3. The molecule has 8 heteroatoms. The number of alkyl halides is 3. The molecule has 0 bridgehead atoms. The van der Waals surface area contributed by atoms with E-state index in [-0.39, 0.29) is 5.41 Å². The number of nitrogens with zero attached hydrogens (tertiary/aromatic N) is 2. The first-order valence-corrected chi connectivity index (χ1v) is 9.08. The Hall–Kier alpha value is -1.96. The summed E-state index contributed by atoms with van der Waals surface area (Å²) in [6, 6.07) is 7.97. The first-order chi connectivity index (χ1) is 12.7. The summed E-state index contributed by atoms with van der Waals surface area (Å²) in [5.74, 6) is 0.831. The highest BCUT2D eigenvalue weighted by molar-refractivity contribution is 5.68. The van der Waals surface area contributed by atoms with E-state index in [1.165, 1.54) is 10.5 Å². The van der Waals surface area contributed by atoms with E-state index in [1.807, 2.05) is 24.3 Å². The van der Waals surface area contributed by atoms with Crippen molar-refractivity contribution in [2.75, 3.05) is 33.3 Å². The Bertz CT molecular complexity index is 647. The van der Waals surface area contributed by atoms with Crippen LogP contribution in [0.3, 0.4) is 0 Å². The maximum Gasteiger partial charge on any atom is 0.425 e. The van der Waals surface area contributed by atoms with Crippen LogP contribution >= 0.6 is 0 Å². The van der Waals surface area contributed by atoms with Crippen molar-refractivity contribution in [2.24, 2.45) is 5.41 Å². The summed E-state index contributed by atoms with van der Waals surface area (Å²) in [4.78, 5) is 15.7. The number of benzene rings is 1. The van der Waals surface area contributed by atoms with Crippen LogP contribution in [0.4, 0.5) is 18.0 Å². The van der Waals surface area contributed by atoms with Crippen molar-refractivity contribution in [1.29, 1.82) is 0 Å². The van der Waals surface area contributed by atoms with Gasteiger partial charge in [-0.05, 0) is 42.9 Å². The van der Waals surface area contributed by atoms with E-state index in [0.29, 0.717) is 13.1 Å². The zero-order valence-electron chi connectivity index (χ0n) is 15.6. The molecule has 0 radical (unpaired) electrons. The average molecular weight is 386 g/mol. The molecule has 2 aliphatic rings. The SMILES string of the molecule is COc1ccc(CN2CC3(CCN(C(=O)OC(C)C(F)(F)F)CC3)C2)cc1. The van der Waals surface area contributed by atoms with Gasteiger partial charge in [-0.3, -0.25) is 4.90 Å². The Morgan fingerprint density at radius 3 is 2.30 bits per heavy atom. The van der Waals surface area contributed by atoms with Crippen LogP contribution in [-0.4, -0.2) is 61.5 Å². The average Bonchev–Trinajstić information content (AvgIpc) is 2.60. The molecule has 27 heavy (non-hydrogen) atoms. The van der Waals surface area contributed by atoms with E-state index in [4.69, 9.17) is 4.74 Å². The number of hydrogen-bond donors (Lipinski definition) is 0. The number of likely N-dealkylation sites (tertiary alicyclic amines) is 2. The lowest BCUT2D eigenvalue weighted by atomic mass is 9.72. The zero-order chi connectivity index (χ0) is 19.7. The van der Waals surface area contributed by atoms with Crippen LogP contribution in [0, 0.1) is 5.41 Å². The van der Waals surface area contributed by atoms with Crippen molar-refractivity contribution in [3.63, 3.8) is 0 Å². The normalized spacial score (nSPS) is 20.9. The van der Waals surface area contributed by atoms with E-state index in [1.54, 1.807) is 7.11 Å². The van der Waals surface area contributed by atoms with Crippen molar-refractivity contribution in [1.82, 2.24) is 9.80 Å². The van der Waals surface area contributed by atoms with E-state index < -0.39 is 18.4 Å². The first-order valence-electron chi connectivity index (χ1n) is 9.08. The highest BCUT2D eigenvalue weighted by Crippen LogP contribution is 2.41. The molecule has 0 N–H and O–H groups in total. The number of hydrogen-bond acceptors (Lipinski definition) is 4.